The normalized spacial score (nSPS) is 14.5. The number of benzene rings is 5. The molecule has 0 radical (unpaired) electrons. The average Bonchev–Trinajstić information content (AvgIpc) is 3.79. The Bertz CT molecular complexity index is 2710. The van der Waals surface area contributed by atoms with E-state index in [0.29, 0.717) is 0 Å². The van der Waals surface area contributed by atoms with Crippen molar-refractivity contribution in [3.8, 4) is 45.3 Å². The summed E-state index contributed by atoms with van der Waals surface area (Å²) >= 11 is 0. The molecule has 0 unspecified atom stereocenters. The fourth-order valence-corrected chi connectivity index (χ4v) is 8.38. The summed E-state index contributed by atoms with van der Waals surface area (Å²) in [5.74, 6) is 0.737. The highest BCUT2D eigenvalue weighted by Crippen LogP contribution is 2.53. The molecule has 1 aliphatic carbocycles. The molecule has 4 nitrogen and oxygen atoms in total. The van der Waals surface area contributed by atoms with Crippen molar-refractivity contribution >= 4 is 27.4 Å². The number of fused-ring (bicyclic) bond motifs is 7. The van der Waals surface area contributed by atoms with Gasteiger partial charge in [-0.25, -0.2) is 9.97 Å². The largest absolute Gasteiger partial charge is 0.310 e. The van der Waals surface area contributed by atoms with Gasteiger partial charge in [0.25, 0.3) is 0 Å². The molecule has 0 amide bonds. The first-order valence-corrected chi connectivity index (χ1v) is 17.8. The maximum Gasteiger partial charge on any atom is 0.160 e. The highest BCUT2D eigenvalue weighted by Gasteiger charge is 2.42. The van der Waals surface area contributed by atoms with E-state index < -0.39 is 0 Å². The Morgan fingerprint density at radius 1 is 0.608 bits per heavy atom. The lowest BCUT2D eigenvalue weighted by molar-refractivity contribution is 0.646. The minimum Gasteiger partial charge on any atom is -0.310 e. The smallest absolute Gasteiger partial charge is 0.160 e. The van der Waals surface area contributed by atoms with Crippen molar-refractivity contribution in [2.45, 2.75) is 32.1 Å². The second-order valence-corrected chi connectivity index (χ2v) is 14.1. The number of allylic oxidation sites excluding steroid dienone is 4. The standard InChI is InChI=1S/C47H36N4/c1-47(2)37-26-13-15-28-41(37)51-43(42-36-25-12-14-27-40(36)50(44(42)45(47)51)35-23-10-5-11-24-35)34-22-16-21-33(29-34)39-30-38(31-17-6-3-7-18-31)48-46(49-39)32-19-8-4-9-20-32/h4-6,8-30H,3,7H2,1-2H3. The van der Waals surface area contributed by atoms with Crippen molar-refractivity contribution in [3.05, 3.63) is 175 Å². The Kier molecular flexibility index (Phi) is 6.62. The Hall–Kier alpha value is -6.26. The number of para-hydroxylation sites is 3. The number of hydrogen-bond donors (Lipinski definition) is 0. The van der Waals surface area contributed by atoms with Gasteiger partial charge in [-0.2, -0.15) is 0 Å². The molecule has 244 valence electrons. The topological polar surface area (TPSA) is 35.6 Å². The van der Waals surface area contributed by atoms with Crippen LogP contribution in [0.3, 0.4) is 0 Å². The fourth-order valence-electron chi connectivity index (χ4n) is 8.38. The first-order chi connectivity index (χ1) is 25.1. The Morgan fingerprint density at radius 2 is 1.31 bits per heavy atom. The molecule has 1 aliphatic heterocycles. The number of rotatable bonds is 5. The molecule has 0 bridgehead atoms. The van der Waals surface area contributed by atoms with E-state index in [1.54, 1.807) is 0 Å². The third-order valence-electron chi connectivity index (χ3n) is 10.7. The summed E-state index contributed by atoms with van der Waals surface area (Å²) in [6.45, 7) is 4.75. The molecule has 0 saturated heterocycles. The molecule has 8 aromatic rings. The Balaban J connectivity index is 1.27. The molecule has 3 aromatic heterocycles. The molecule has 0 fully saturated rings. The molecule has 0 spiro atoms. The van der Waals surface area contributed by atoms with Gasteiger partial charge < -0.3 is 9.13 Å². The van der Waals surface area contributed by atoms with Gasteiger partial charge in [0.05, 0.1) is 39.5 Å². The number of aromatic nitrogens is 4. The summed E-state index contributed by atoms with van der Waals surface area (Å²) in [5, 5.41) is 2.52. The molecule has 0 saturated carbocycles. The molecular weight excluding hydrogens is 621 g/mol. The summed E-state index contributed by atoms with van der Waals surface area (Å²) in [4.78, 5) is 10.3. The van der Waals surface area contributed by atoms with E-state index in [1.165, 1.54) is 44.4 Å². The highest BCUT2D eigenvalue weighted by molar-refractivity contribution is 6.18. The molecule has 0 N–H and O–H groups in total. The zero-order valence-corrected chi connectivity index (χ0v) is 28.7. The SMILES string of the molecule is CC1(C)c2ccccc2-n2c(-c3cccc(-c4cc(C5=CCCC=C5)nc(-c5ccccc5)n4)c3)c3c4ccccc4n(-c4ccccc4)c3c21. The van der Waals surface area contributed by atoms with Crippen LogP contribution in [0, 0.1) is 0 Å². The van der Waals surface area contributed by atoms with Crippen LogP contribution in [0.1, 0.15) is 43.6 Å². The van der Waals surface area contributed by atoms with Gasteiger partial charge in [0.15, 0.2) is 5.82 Å². The molecule has 4 heterocycles. The van der Waals surface area contributed by atoms with Crippen molar-refractivity contribution in [1.29, 1.82) is 0 Å². The van der Waals surface area contributed by atoms with Crippen molar-refractivity contribution in [3.63, 3.8) is 0 Å². The van der Waals surface area contributed by atoms with Gasteiger partial charge in [-0.1, -0.05) is 135 Å². The van der Waals surface area contributed by atoms with Crippen molar-refractivity contribution in [2.75, 3.05) is 0 Å². The number of nitrogens with zero attached hydrogens (tertiary/aromatic N) is 4. The summed E-state index contributed by atoms with van der Waals surface area (Å²) in [7, 11) is 0. The minimum absolute atomic E-state index is 0.223. The van der Waals surface area contributed by atoms with E-state index >= 15 is 0 Å². The molecule has 4 heteroatoms. The maximum absolute atomic E-state index is 5.21. The minimum atomic E-state index is -0.223. The van der Waals surface area contributed by atoms with Crippen molar-refractivity contribution in [1.82, 2.24) is 19.1 Å². The van der Waals surface area contributed by atoms with Crippen LogP contribution in [0.25, 0.3) is 72.7 Å². The third kappa shape index (κ3) is 4.53. The van der Waals surface area contributed by atoms with E-state index in [-0.39, 0.29) is 5.41 Å². The maximum atomic E-state index is 5.21. The van der Waals surface area contributed by atoms with Crippen LogP contribution in [0.4, 0.5) is 0 Å². The lowest BCUT2D eigenvalue weighted by Gasteiger charge is -2.20. The lowest BCUT2D eigenvalue weighted by atomic mass is 9.83. The molecule has 51 heavy (non-hydrogen) atoms. The van der Waals surface area contributed by atoms with Crippen molar-refractivity contribution < 1.29 is 0 Å². The van der Waals surface area contributed by atoms with E-state index in [2.05, 4.69) is 175 Å². The van der Waals surface area contributed by atoms with Crippen LogP contribution in [-0.4, -0.2) is 19.1 Å². The predicted molar refractivity (Wildman–Crippen MR) is 210 cm³/mol. The summed E-state index contributed by atoms with van der Waals surface area (Å²) in [5.41, 5.74) is 14.8. The van der Waals surface area contributed by atoms with E-state index in [9.17, 15) is 0 Å². The van der Waals surface area contributed by atoms with Crippen LogP contribution in [0.15, 0.2) is 158 Å². The summed E-state index contributed by atoms with van der Waals surface area (Å²) in [6.07, 6.45) is 8.81. The van der Waals surface area contributed by atoms with Crippen LogP contribution in [-0.2, 0) is 5.41 Å². The van der Waals surface area contributed by atoms with Crippen LogP contribution < -0.4 is 0 Å². The van der Waals surface area contributed by atoms with Gasteiger partial charge in [-0.15, -0.1) is 0 Å². The Labute approximate surface area is 297 Å². The van der Waals surface area contributed by atoms with Crippen LogP contribution in [0.5, 0.6) is 0 Å². The van der Waals surface area contributed by atoms with Gasteiger partial charge in [0.2, 0.25) is 0 Å². The van der Waals surface area contributed by atoms with Gasteiger partial charge in [-0.3, -0.25) is 0 Å². The zero-order valence-electron chi connectivity index (χ0n) is 28.7. The molecule has 10 rings (SSSR count). The van der Waals surface area contributed by atoms with E-state index in [4.69, 9.17) is 9.97 Å². The monoisotopic (exact) mass is 656 g/mol. The first-order valence-electron chi connectivity index (χ1n) is 17.8. The number of hydrogen-bond acceptors (Lipinski definition) is 2. The average molecular weight is 657 g/mol. The lowest BCUT2D eigenvalue weighted by Crippen LogP contribution is -2.16. The van der Waals surface area contributed by atoms with Gasteiger partial charge in [0, 0.05) is 33.0 Å². The predicted octanol–water partition coefficient (Wildman–Crippen LogP) is 11.7. The second kappa shape index (κ2) is 11.4. The van der Waals surface area contributed by atoms with Gasteiger partial charge in [-0.05, 0) is 65.9 Å². The van der Waals surface area contributed by atoms with Gasteiger partial charge in [0.1, 0.15) is 0 Å². The molecule has 2 aliphatic rings. The molecule has 5 aromatic carbocycles. The van der Waals surface area contributed by atoms with E-state index in [0.717, 1.165) is 58.0 Å². The quantitative estimate of drug-likeness (QED) is 0.185. The molecular formula is C47H36N4. The second-order valence-electron chi connectivity index (χ2n) is 14.1. The highest BCUT2D eigenvalue weighted by atomic mass is 15.1. The van der Waals surface area contributed by atoms with Crippen LogP contribution >= 0.6 is 0 Å². The first kappa shape index (κ1) is 29.6. The summed E-state index contributed by atoms with van der Waals surface area (Å²) in [6, 6.07) is 50.0. The summed E-state index contributed by atoms with van der Waals surface area (Å²) < 4.78 is 5.02. The van der Waals surface area contributed by atoms with E-state index in [1.807, 2.05) is 6.07 Å². The third-order valence-corrected chi connectivity index (χ3v) is 10.7. The fraction of sp³-hybridized carbons (Fsp3) is 0.106. The van der Waals surface area contributed by atoms with Crippen molar-refractivity contribution in [2.24, 2.45) is 0 Å². The van der Waals surface area contributed by atoms with Crippen LogP contribution in [0.2, 0.25) is 0 Å². The Morgan fingerprint density at radius 3 is 2.14 bits per heavy atom. The molecule has 0 atom stereocenters. The van der Waals surface area contributed by atoms with Gasteiger partial charge >= 0.3 is 0 Å². The zero-order chi connectivity index (χ0) is 34.1.